The molecule has 2 heterocycles. The summed E-state index contributed by atoms with van der Waals surface area (Å²) in [5.41, 5.74) is 1.09. The van der Waals surface area contributed by atoms with Gasteiger partial charge in [-0.05, 0) is 12.1 Å². The molecule has 1 aliphatic heterocycles. The lowest BCUT2D eigenvalue weighted by atomic mass is 10.2. The molecule has 0 aromatic carbocycles. The summed E-state index contributed by atoms with van der Waals surface area (Å²) in [6, 6.07) is 1.62. The van der Waals surface area contributed by atoms with Crippen molar-refractivity contribution in [2.75, 3.05) is 6.61 Å². The first-order valence-electron chi connectivity index (χ1n) is 4.66. The average molecular weight is 222 g/mol. The van der Waals surface area contributed by atoms with Crippen molar-refractivity contribution in [3.63, 3.8) is 0 Å². The average Bonchev–Trinajstić information content (AvgIpc) is 2.85. The van der Waals surface area contributed by atoms with Crippen molar-refractivity contribution in [1.29, 1.82) is 0 Å². The van der Waals surface area contributed by atoms with Gasteiger partial charge in [-0.2, -0.15) is 0 Å². The van der Waals surface area contributed by atoms with E-state index in [0.717, 1.165) is 0 Å². The Morgan fingerprint density at radius 2 is 2.12 bits per heavy atom. The molecule has 0 saturated carbocycles. The summed E-state index contributed by atoms with van der Waals surface area (Å²) >= 11 is 0. The van der Waals surface area contributed by atoms with Crippen LogP contribution in [0.2, 0.25) is 0 Å². The van der Waals surface area contributed by atoms with Crippen LogP contribution >= 0.6 is 0 Å². The Labute approximate surface area is 91.3 Å². The second-order valence-electron chi connectivity index (χ2n) is 3.26. The summed E-state index contributed by atoms with van der Waals surface area (Å²) in [6.07, 6.45) is 4.23. The van der Waals surface area contributed by atoms with E-state index in [-0.39, 0.29) is 13.2 Å². The van der Waals surface area contributed by atoms with E-state index in [1.807, 2.05) is 0 Å². The fourth-order valence-electron chi connectivity index (χ4n) is 1.37. The van der Waals surface area contributed by atoms with E-state index in [1.165, 1.54) is 12.3 Å². The maximum atomic E-state index is 11.0. The second kappa shape index (κ2) is 4.34. The predicted octanol–water partition coefficient (Wildman–Crippen LogP) is 0.588. The number of rotatable bonds is 3. The number of cyclic esters (lactones) is 1. The van der Waals surface area contributed by atoms with Crippen molar-refractivity contribution in [1.82, 2.24) is 0 Å². The van der Waals surface area contributed by atoms with Crippen LogP contribution in [-0.4, -0.2) is 22.8 Å². The van der Waals surface area contributed by atoms with Gasteiger partial charge in [0, 0.05) is 17.2 Å². The van der Waals surface area contributed by atoms with Gasteiger partial charge in [0.2, 0.25) is 0 Å². The molecule has 1 aromatic heterocycles. The highest BCUT2D eigenvalue weighted by Gasteiger charge is 2.19. The third-order valence-electron chi connectivity index (χ3n) is 2.12. The van der Waals surface area contributed by atoms with Gasteiger partial charge < -0.3 is 19.4 Å². The SMILES string of the molecule is O=C1C=C(CO)/C(=C/c2coc(CO)c2)O1. The number of hydrogen-bond donors (Lipinski definition) is 2. The summed E-state index contributed by atoms with van der Waals surface area (Å²) in [5.74, 6) is 0.227. The smallest absolute Gasteiger partial charge is 0.336 e. The van der Waals surface area contributed by atoms with Crippen LogP contribution in [-0.2, 0) is 16.1 Å². The highest BCUT2D eigenvalue weighted by molar-refractivity contribution is 5.89. The highest BCUT2D eigenvalue weighted by Crippen LogP contribution is 2.22. The number of furan rings is 1. The van der Waals surface area contributed by atoms with Gasteiger partial charge in [0.15, 0.2) is 0 Å². The van der Waals surface area contributed by atoms with Gasteiger partial charge >= 0.3 is 5.97 Å². The Balaban J connectivity index is 2.24. The molecule has 0 amide bonds. The number of aliphatic hydroxyl groups is 2. The van der Waals surface area contributed by atoms with E-state index < -0.39 is 5.97 Å². The molecule has 84 valence electrons. The van der Waals surface area contributed by atoms with Crippen molar-refractivity contribution >= 4 is 12.0 Å². The summed E-state index contributed by atoms with van der Waals surface area (Å²) in [6.45, 7) is -0.450. The Morgan fingerprint density at radius 3 is 2.75 bits per heavy atom. The number of aliphatic hydroxyl groups excluding tert-OH is 2. The van der Waals surface area contributed by atoms with E-state index in [4.69, 9.17) is 19.4 Å². The van der Waals surface area contributed by atoms with Crippen LogP contribution in [0.4, 0.5) is 0 Å². The molecule has 0 aliphatic carbocycles. The molecular formula is C11H10O5. The normalized spacial score (nSPS) is 17.8. The Bertz CT molecular complexity index is 466. The number of esters is 1. The first-order valence-corrected chi connectivity index (χ1v) is 4.66. The third-order valence-corrected chi connectivity index (χ3v) is 2.12. The molecule has 0 radical (unpaired) electrons. The van der Waals surface area contributed by atoms with Gasteiger partial charge in [0.1, 0.15) is 18.1 Å². The molecule has 5 nitrogen and oxygen atoms in total. The van der Waals surface area contributed by atoms with Gasteiger partial charge in [-0.1, -0.05) is 0 Å². The molecule has 0 spiro atoms. The molecular weight excluding hydrogens is 212 g/mol. The minimum Gasteiger partial charge on any atom is -0.466 e. The minimum absolute atomic E-state index is 0.189. The van der Waals surface area contributed by atoms with Crippen molar-refractivity contribution in [3.8, 4) is 0 Å². The first-order chi connectivity index (χ1) is 7.72. The van der Waals surface area contributed by atoms with Gasteiger partial charge in [0.05, 0.1) is 12.9 Å². The van der Waals surface area contributed by atoms with E-state index in [2.05, 4.69) is 0 Å². The van der Waals surface area contributed by atoms with Crippen molar-refractivity contribution in [3.05, 3.63) is 41.1 Å². The first kappa shape index (κ1) is 10.7. The number of carbonyl (C=O) groups excluding carboxylic acids is 1. The largest absolute Gasteiger partial charge is 0.466 e. The molecule has 0 saturated heterocycles. The van der Waals surface area contributed by atoms with Crippen LogP contribution in [0, 0.1) is 0 Å². The van der Waals surface area contributed by atoms with Crippen molar-refractivity contribution in [2.45, 2.75) is 6.61 Å². The van der Waals surface area contributed by atoms with Crippen molar-refractivity contribution < 1.29 is 24.2 Å². The Morgan fingerprint density at radius 1 is 1.31 bits per heavy atom. The Hall–Kier alpha value is -1.85. The van der Waals surface area contributed by atoms with Gasteiger partial charge in [0.25, 0.3) is 0 Å². The van der Waals surface area contributed by atoms with Crippen LogP contribution < -0.4 is 0 Å². The topological polar surface area (TPSA) is 79.9 Å². The lowest BCUT2D eigenvalue weighted by Crippen LogP contribution is -1.93. The lowest BCUT2D eigenvalue weighted by molar-refractivity contribution is -0.132. The molecule has 0 atom stereocenters. The predicted molar refractivity (Wildman–Crippen MR) is 53.9 cm³/mol. The molecule has 0 bridgehead atoms. The zero-order valence-corrected chi connectivity index (χ0v) is 8.34. The van der Waals surface area contributed by atoms with Crippen LogP contribution in [0.1, 0.15) is 11.3 Å². The van der Waals surface area contributed by atoms with Gasteiger partial charge in [-0.15, -0.1) is 0 Å². The maximum absolute atomic E-state index is 11.0. The molecule has 2 rings (SSSR count). The van der Waals surface area contributed by atoms with E-state index in [9.17, 15) is 4.79 Å². The number of hydrogen-bond acceptors (Lipinski definition) is 5. The summed E-state index contributed by atoms with van der Waals surface area (Å²) < 4.78 is 9.88. The fraction of sp³-hybridized carbons (Fsp3) is 0.182. The van der Waals surface area contributed by atoms with Crippen LogP contribution in [0.25, 0.3) is 6.08 Å². The summed E-state index contributed by atoms with van der Waals surface area (Å²) in [5, 5.41) is 17.8. The van der Waals surface area contributed by atoms with Crippen LogP contribution in [0.15, 0.2) is 34.2 Å². The number of ether oxygens (including phenoxy) is 1. The zero-order chi connectivity index (χ0) is 11.5. The number of carbonyl (C=O) groups is 1. The molecule has 2 N–H and O–H groups in total. The van der Waals surface area contributed by atoms with E-state index in [1.54, 1.807) is 12.1 Å². The van der Waals surface area contributed by atoms with Crippen molar-refractivity contribution in [2.24, 2.45) is 0 Å². The highest BCUT2D eigenvalue weighted by atomic mass is 16.5. The van der Waals surface area contributed by atoms with E-state index in [0.29, 0.717) is 22.7 Å². The fourth-order valence-corrected chi connectivity index (χ4v) is 1.37. The van der Waals surface area contributed by atoms with Crippen LogP contribution in [0.5, 0.6) is 0 Å². The molecule has 1 aromatic rings. The molecule has 16 heavy (non-hydrogen) atoms. The molecule has 0 fully saturated rings. The molecule has 0 unspecified atom stereocenters. The summed E-state index contributed by atoms with van der Waals surface area (Å²) in [4.78, 5) is 11.0. The third kappa shape index (κ3) is 2.05. The second-order valence-corrected chi connectivity index (χ2v) is 3.26. The van der Waals surface area contributed by atoms with E-state index >= 15 is 0 Å². The monoisotopic (exact) mass is 222 g/mol. The minimum atomic E-state index is -0.499. The maximum Gasteiger partial charge on any atom is 0.336 e. The zero-order valence-electron chi connectivity index (χ0n) is 8.34. The quantitative estimate of drug-likeness (QED) is 0.731. The Kier molecular flexibility index (Phi) is 2.89. The lowest BCUT2D eigenvalue weighted by Gasteiger charge is -1.99. The van der Waals surface area contributed by atoms with Gasteiger partial charge in [-0.3, -0.25) is 0 Å². The van der Waals surface area contributed by atoms with Crippen LogP contribution in [0.3, 0.4) is 0 Å². The molecule has 1 aliphatic rings. The summed E-state index contributed by atoms with van der Waals surface area (Å²) in [7, 11) is 0. The molecule has 5 heteroatoms. The standard InChI is InChI=1S/C11H10O5/c12-4-8-3-11(14)16-10(8)2-7-1-9(5-13)15-6-7/h1-3,6,12-13H,4-5H2/b10-2-. The van der Waals surface area contributed by atoms with Gasteiger partial charge in [-0.25, -0.2) is 4.79 Å².